The highest BCUT2D eigenvalue weighted by molar-refractivity contribution is 5.96. The quantitative estimate of drug-likeness (QED) is 0.804. The second-order valence-corrected chi connectivity index (χ2v) is 4.20. The summed E-state index contributed by atoms with van der Waals surface area (Å²) in [6.07, 6.45) is 2.25. The fourth-order valence-corrected chi connectivity index (χ4v) is 1.64. The summed E-state index contributed by atoms with van der Waals surface area (Å²) in [5, 5.41) is 2.60. The summed E-state index contributed by atoms with van der Waals surface area (Å²) in [7, 11) is 1.28. The van der Waals surface area contributed by atoms with Crippen LogP contribution < -0.4 is 5.32 Å². The number of amides is 1. The molecular formula is C14H18FNO3. The second-order valence-electron chi connectivity index (χ2n) is 4.20. The Balaban J connectivity index is 2.69. The van der Waals surface area contributed by atoms with Gasteiger partial charge in [-0.25, -0.2) is 9.18 Å². The predicted molar refractivity (Wildman–Crippen MR) is 69.2 cm³/mol. The molecule has 4 nitrogen and oxygen atoms in total. The van der Waals surface area contributed by atoms with E-state index in [1.54, 1.807) is 0 Å². The number of esters is 1. The molecule has 19 heavy (non-hydrogen) atoms. The van der Waals surface area contributed by atoms with Crippen molar-refractivity contribution in [2.75, 3.05) is 7.11 Å². The predicted octanol–water partition coefficient (Wildman–Crippen LogP) is 2.29. The third kappa shape index (κ3) is 4.69. The Morgan fingerprint density at radius 1 is 1.32 bits per heavy atom. The largest absolute Gasteiger partial charge is 0.467 e. The molecule has 0 unspecified atom stereocenters. The smallest absolute Gasteiger partial charge is 0.328 e. The lowest BCUT2D eigenvalue weighted by Crippen LogP contribution is -2.41. The molecule has 0 bridgehead atoms. The number of ether oxygens (including phenoxy) is 1. The molecular weight excluding hydrogens is 249 g/mol. The number of hydrogen-bond donors (Lipinski definition) is 1. The van der Waals surface area contributed by atoms with E-state index in [-0.39, 0.29) is 0 Å². The molecule has 1 N–H and O–H groups in total. The van der Waals surface area contributed by atoms with Gasteiger partial charge in [-0.3, -0.25) is 4.79 Å². The van der Waals surface area contributed by atoms with Gasteiger partial charge in [-0.2, -0.15) is 0 Å². The van der Waals surface area contributed by atoms with Crippen LogP contribution in [0.3, 0.4) is 0 Å². The molecule has 1 amide bonds. The Morgan fingerprint density at radius 3 is 2.47 bits per heavy atom. The van der Waals surface area contributed by atoms with Gasteiger partial charge >= 0.3 is 5.97 Å². The monoisotopic (exact) mass is 267 g/mol. The van der Waals surface area contributed by atoms with Crippen molar-refractivity contribution in [3.63, 3.8) is 0 Å². The minimum Gasteiger partial charge on any atom is -0.467 e. The molecule has 0 saturated carbocycles. The number of hydrogen-bond acceptors (Lipinski definition) is 3. The number of nitrogens with one attached hydrogen (secondary N) is 1. The van der Waals surface area contributed by atoms with Gasteiger partial charge in [-0.15, -0.1) is 0 Å². The minimum absolute atomic E-state index is 0.312. The molecule has 0 aliphatic rings. The van der Waals surface area contributed by atoms with Crippen LogP contribution in [0.5, 0.6) is 0 Å². The van der Waals surface area contributed by atoms with Gasteiger partial charge in [0.1, 0.15) is 11.9 Å². The van der Waals surface area contributed by atoms with Gasteiger partial charge < -0.3 is 10.1 Å². The molecule has 0 aliphatic heterocycles. The number of halogens is 1. The molecule has 1 aromatic carbocycles. The van der Waals surface area contributed by atoms with E-state index in [4.69, 9.17) is 0 Å². The van der Waals surface area contributed by atoms with Crippen LogP contribution in [0.15, 0.2) is 24.3 Å². The summed E-state index contributed by atoms with van der Waals surface area (Å²) >= 11 is 0. The summed E-state index contributed by atoms with van der Waals surface area (Å²) in [6, 6.07) is 4.49. The van der Waals surface area contributed by atoms with E-state index >= 15 is 0 Å². The van der Waals surface area contributed by atoms with Crippen LogP contribution in [0.25, 0.3) is 0 Å². The molecule has 0 fully saturated rings. The Labute approximate surface area is 112 Å². The highest BCUT2D eigenvalue weighted by Gasteiger charge is 2.21. The Morgan fingerprint density at radius 2 is 1.95 bits per heavy atom. The van der Waals surface area contributed by atoms with Crippen LogP contribution in [0.2, 0.25) is 0 Å². The average molecular weight is 267 g/mol. The van der Waals surface area contributed by atoms with Crippen LogP contribution in [0.4, 0.5) is 4.39 Å². The molecule has 1 aromatic rings. The lowest BCUT2D eigenvalue weighted by atomic mass is 10.1. The zero-order chi connectivity index (χ0) is 14.3. The molecule has 0 aromatic heterocycles. The Hall–Kier alpha value is -1.91. The van der Waals surface area contributed by atoms with Gasteiger partial charge in [0, 0.05) is 5.56 Å². The zero-order valence-corrected chi connectivity index (χ0v) is 11.1. The van der Waals surface area contributed by atoms with Crippen molar-refractivity contribution in [1.82, 2.24) is 5.32 Å². The lowest BCUT2D eigenvalue weighted by molar-refractivity contribution is -0.143. The summed E-state index contributed by atoms with van der Waals surface area (Å²) in [4.78, 5) is 23.5. The standard InChI is InChI=1S/C14H18FNO3/c1-3-4-5-12(14(18)19-2)16-13(17)10-6-8-11(15)9-7-10/h6-9,12H,3-5H2,1-2H3,(H,16,17)/t12-/m1/s1. The maximum atomic E-state index is 12.8. The van der Waals surface area contributed by atoms with Gasteiger partial charge in [0.25, 0.3) is 5.91 Å². The highest BCUT2D eigenvalue weighted by Crippen LogP contribution is 2.06. The summed E-state index contributed by atoms with van der Waals surface area (Å²) in [5.41, 5.74) is 0.312. The first kappa shape index (κ1) is 15.1. The first-order valence-corrected chi connectivity index (χ1v) is 6.22. The normalized spacial score (nSPS) is 11.7. The maximum Gasteiger partial charge on any atom is 0.328 e. The molecule has 1 atom stereocenters. The first-order chi connectivity index (χ1) is 9.08. The van der Waals surface area contributed by atoms with Gasteiger partial charge in [0.05, 0.1) is 7.11 Å². The summed E-state index contributed by atoms with van der Waals surface area (Å²) < 4.78 is 17.4. The van der Waals surface area contributed by atoms with Crippen LogP contribution in [-0.2, 0) is 9.53 Å². The van der Waals surface area contributed by atoms with Gasteiger partial charge in [-0.05, 0) is 30.7 Å². The average Bonchev–Trinajstić information content (AvgIpc) is 2.43. The first-order valence-electron chi connectivity index (χ1n) is 6.22. The topological polar surface area (TPSA) is 55.4 Å². The van der Waals surface area contributed by atoms with E-state index in [2.05, 4.69) is 10.1 Å². The highest BCUT2D eigenvalue weighted by atomic mass is 19.1. The number of carbonyl (C=O) groups excluding carboxylic acids is 2. The molecule has 0 spiro atoms. The Bertz CT molecular complexity index is 431. The molecule has 0 saturated heterocycles. The van der Waals surface area contributed by atoms with E-state index in [1.165, 1.54) is 31.4 Å². The van der Waals surface area contributed by atoms with Crippen molar-refractivity contribution in [2.24, 2.45) is 0 Å². The SMILES string of the molecule is CCCC[C@@H](NC(=O)c1ccc(F)cc1)C(=O)OC. The van der Waals surface area contributed by atoms with E-state index in [9.17, 15) is 14.0 Å². The number of methoxy groups -OCH3 is 1. The number of carbonyl (C=O) groups is 2. The van der Waals surface area contributed by atoms with Gasteiger partial charge in [0.15, 0.2) is 0 Å². The number of benzene rings is 1. The molecule has 0 radical (unpaired) electrons. The molecule has 0 heterocycles. The summed E-state index contributed by atoms with van der Waals surface area (Å²) in [5.74, 6) is -1.29. The lowest BCUT2D eigenvalue weighted by Gasteiger charge is -2.16. The fraction of sp³-hybridized carbons (Fsp3) is 0.429. The maximum absolute atomic E-state index is 12.8. The van der Waals surface area contributed by atoms with E-state index in [0.717, 1.165) is 12.8 Å². The summed E-state index contributed by atoms with van der Waals surface area (Å²) in [6.45, 7) is 2.00. The zero-order valence-electron chi connectivity index (χ0n) is 11.1. The van der Waals surface area contributed by atoms with Crippen LogP contribution in [-0.4, -0.2) is 25.0 Å². The molecule has 1 rings (SSSR count). The van der Waals surface area contributed by atoms with E-state index < -0.39 is 23.7 Å². The van der Waals surface area contributed by atoms with Crippen LogP contribution >= 0.6 is 0 Å². The number of rotatable bonds is 6. The molecule has 104 valence electrons. The third-order valence-electron chi connectivity index (χ3n) is 2.74. The van der Waals surface area contributed by atoms with Gasteiger partial charge in [0.2, 0.25) is 0 Å². The molecule has 0 aliphatic carbocycles. The van der Waals surface area contributed by atoms with Crippen LogP contribution in [0, 0.1) is 5.82 Å². The van der Waals surface area contributed by atoms with Crippen molar-refractivity contribution in [1.29, 1.82) is 0 Å². The van der Waals surface area contributed by atoms with Crippen molar-refractivity contribution in [2.45, 2.75) is 32.2 Å². The third-order valence-corrected chi connectivity index (χ3v) is 2.74. The second kappa shape index (κ2) is 7.51. The van der Waals surface area contributed by atoms with Gasteiger partial charge in [-0.1, -0.05) is 19.8 Å². The Kier molecular flexibility index (Phi) is 5.99. The van der Waals surface area contributed by atoms with Crippen molar-refractivity contribution in [3.8, 4) is 0 Å². The van der Waals surface area contributed by atoms with Crippen molar-refractivity contribution >= 4 is 11.9 Å². The molecule has 5 heteroatoms. The number of unbranched alkanes of at least 4 members (excludes halogenated alkanes) is 1. The van der Waals surface area contributed by atoms with E-state index in [1.807, 2.05) is 6.92 Å². The van der Waals surface area contributed by atoms with E-state index in [0.29, 0.717) is 12.0 Å². The van der Waals surface area contributed by atoms with Crippen molar-refractivity contribution in [3.05, 3.63) is 35.6 Å². The van der Waals surface area contributed by atoms with Crippen molar-refractivity contribution < 1.29 is 18.7 Å². The minimum atomic E-state index is -0.664. The van der Waals surface area contributed by atoms with Crippen LogP contribution in [0.1, 0.15) is 36.5 Å². The fourth-order valence-electron chi connectivity index (χ4n) is 1.64.